The molecule has 110 valence electrons. The SMILES string of the molecule is NCc1c([C@@]23C=CC(=O)C[C@@H]2CCC3)ccc2c1OCO2. The molecule has 2 atom stereocenters. The average molecular weight is 285 g/mol. The van der Waals surface area contributed by atoms with Crippen molar-refractivity contribution in [1.82, 2.24) is 0 Å². The lowest BCUT2D eigenvalue weighted by molar-refractivity contribution is -0.116. The number of hydrogen-bond acceptors (Lipinski definition) is 4. The predicted octanol–water partition coefficient (Wildman–Crippen LogP) is 2.44. The summed E-state index contributed by atoms with van der Waals surface area (Å²) < 4.78 is 11.1. The molecule has 21 heavy (non-hydrogen) atoms. The molecule has 0 saturated heterocycles. The molecule has 1 heterocycles. The minimum absolute atomic E-state index is 0.0520. The third-order valence-corrected chi connectivity index (χ3v) is 5.23. The van der Waals surface area contributed by atoms with Gasteiger partial charge in [0, 0.05) is 23.9 Å². The first kappa shape index (κ1) is 12.9. The molecular weight excluding hydrogens is 266 g/mol. The van der Waals surface area contributed by atoms with Crippen LogP contribution < -0.4 is 15.2 Å². The molecule has 0 spiro atoms. The lowest BCUT2D eigenvalue weighted by Gasteiger charge is -2.37. The summed E-state index contributed by atoms with van der Waals surface area (Å²) in [5.74, 6) is 2.20. The Balaban J connectivity index is 1.90. The van der Waals surface area contributed by atoms with E-state index in [4.69, 9.17) is 15.2 Å². The normalized spacial score (nSPS) is 29.8. The van der Waals surface area contributed by atoms with Crippen LogP contribution in [0.15, 0.2) is 24.3 Å². The number of carbonyl (C=O) groups excluding carboxylic acids is 1. The number of fused-ring (bicyclic) bond motifs is 2. The van der Waals surface area contributed by atoms with Crippen LogP contribution >= 0.6 is 0 Å². The molecule has 4 nitrogen and oxygen atoms in total. The standard InChI is InChI=1S/C17H19NO3/c18-9-13-14(3-4-15-16(13)21-10-20-15)17-6-1-2-11(17)8-12(19)5-7-17/h3-5,7,11H,1-2,6,8-10,18H2/t11-,17-/m0/s1. The van der Waals surface area contributed by atoms with Gasteiger partial charge >= 0.3 is 0 Å². The van der Waals surface area contributed by atoms with E-state index >= 15 is 0 Å². The van der Waals surface area contributed by atoms with Crippen molar-refractivity contribution in [3.63, 3.8) is 0 Å². The number of nitrogens with two attached hydrogens (primary N) is 1. The van der Waals surface area contributed by atoms with Gasteiger partial charge in [-0.25, -0.2) is 0 Å². The molecule has 1 saturated carbocycles. The van der Waals surface area contributed by atoms with Gasteiger partial charge in [-0.3, -0.25) is 4.79 Å². The zero-order valence-corrected chi connectivity index (χ0v) is 11.9. The quantitative estimate of drug-likeness (QED) is 0.906. The largest absolute Gasteiger partial charge is 0.454 e. The highest BCUT2D eigenvalue weighted by Gasteiger charge is 2.46. The molecule has 3 aliphatic rings. The maximum atomic E-state index is 11.8. The Bertz CT molecular complexity index is 637. The molecule has 1 aromatic carbocycles. The van der Waals surface area contributed by atoms with Gasteiger partial charge in [-0.1, -0.05) is 18.6 Å². The van der Waals surface area contributed by atoms with Crippen LogP contribution in [0.4, 0.5) is 0 Å². The lowest BCUT2D eigenvalue weighted by atomic mass is 9.66. The van der Waals surface area contributed by atoms with Gasteiger partial charge in [0.25, 0.3) is 0 Å². The first-order chi connectivity index (χ1) is 10.2. The maximum Gasteiger partial charge on any atom is 0.231 e. The van der Waals surface area contributed by atoms with Crippen LogP contribution in [-0.4, -0.2) is 12.6 Å². The van der Waals surface area contributed by atoms with E-state index in [2.05, 4.69) is 12.1 Å². The average Bonchev–Trinajstić information content (AvgIpc) is 3.12. The molecule has 1 aliphatic heterocycles. The van der Waals surface area contributed by atoms with E-state index in [0.717, 1.165) is 36.3 Å². The minimum atomic E-state index is -0.0520. The number of allylic oxidation sites excluding steroid dienone is 2. The highest BCUT2D eigenvalue weighted by molar-refractivity contribution is 5.91. The van der Waals surface area contributed by atoms with Gasteiger partial charge in [0.2, 0.25) is 6.79 Å². The van der Waals surface area contributed by atoms with Crippen molar-refractivity contribution in [1.29, 1.82) is 0 Å². The Hall–Kier alpha value is -1.81. The van der Waals surface area contributed by atoms with Crippen molar-refractivity contribution in [3.8, 4) is 11.5 Å². The van der Waals surface area contributed by atoms with Gasteiger partial charge in [0.1, 0.15) is 0 Å². The van der Waals surface area contributed by atoms with E-state index in [1.54, 1.807) is 6.08 Å². The summed E-state index contributed by atoms with van der Waals surface area (Å²) in [5.41, 5.74) is 8.22. The lowest BCUT2D eigenvalue weighted by Crippen LogP contribution is -2.34. The van der Waals surface area contributed by atoms with Gasteiger partial charge in [0.15, 0.2) is 17.3 Å². The monoisotopic (exact) mass is 285 g/mol. The number of carbonyl (C=O) groups is 1. The highest BCUT2D eigenvalue weighted by atomic mass is 16.7. The maximum absolute atomic E-state index is 11.8. The molecular formula is C17H19NO3. The van der Waals surface area contributed by atoms with Crippen LogP contribution in [0, 0.1) is 5.92 Å². The van der Waals surface area contributed by atoms with Crippen LogP contribution in [-0.2, 0) is 16.8 Å². The number of rotatable bonds is 2. The number of benzene rings is 1. The van der Waals surface area contributed by atoms with Gasteiger partial charge in [-0.15, -0.1) is 0 Å². The fourth-order valence-electron chi connectivity index (χ4n) is 4.27. The third-order valence-electron chi connectivity index (χ3n) is 5.23. The first-order valence-corrected chi connectivity index (χ1v) is 7.59. The summed E-state index contributed by atoms with van der Waals surface area (Å²) in [6.45, 7) is 0.689. The van der Waals surface area contributed by atoms with Crippen LogP contribution in [0.1, 0.15) is 36.8 Å². The summed E-state index contributed by atoms with van der Waals surface area (Å²) in [7, 11) is 0. The fraction of sp³-hybridized carbons (Fsp3) is 0.471. The molecule has 0 bridgehead atoms. The Morgan fingerprint density at radius 1 is 1.33 bits per heavy atom. The molecule has 0 unspecified atom stereocenters. The van der Waals surface area contributed by atoms with Crippen LogP contribution in [0.25, 0.3) is 0 Å². The van der Waals surface area contributed by atoms with Gasteiger partial charge < -0.3 is 15.2 Å². The van der Waals surface area contributed by atoms with Crippen LogP contribution in [0.2, 0.25) is 0 Å². The molecule has 4 rings (SSSR count). The zero-order valence-electron chi connectivity index (χ0n) is 11.9. The second-order valence-corrected chi connectivity index (χ2v) is 6.16. The molecule has 2 N–H and O–H groups in total. The van der Waals surface area contributed by atoms with E-state index in [1.165, 1.54) is 5.56 Å². The predicted molar refractivity (Wildman–Crippen MR) is 78.2 cm³/mol. The van der Waals surface area contributed by atoms with Crippen molar-refractivity contribution in [3.05, 3.63) is 35.4 Å². The van der Waals surface area contributed by atoms with E-state index in [9.17, 15) is 4.79 Å². The van der Waals surface area contributed by atoms with E-state index < -0.39 is 0 Å². The summed E-state index contributed by atoms with van der Waals surface area (Å²) >= 11 is 0. The molecule has 0 amide bonds. The summed E-state index contributed by atoms with van der Waals surface area (Å²) in [6, 6.07) is 4.10. The van der Waals surface area contributed by atoms with Crippen LogP contribution in [0.5, 0.6) is 11.5 Å². The van der Waals surface area contributed by atoms with Gasteiger partial charge in [0.05, 0.1) is 0 Å². The van der Waals surface area contributed by atoms with Crippen molar-refractivity contribution < 1.29 is 14.3 Å². The highest BCUT2D eigenvalue weighted by Crippen LogP contribution is 2.53. The third kappa shape index (κ3) is 1.75. The van der Waals surface area contributed by atoms with E-state index in [-0.39, 0.29) is 18.0 Å². The Labute approximate surface area is 123 Å². The first-order valence-electron chi connectivity index (χ1n) is 7.59. The zero-order chi connectivity index (χ0) is 14.4. The van der Waals surface area contributed by atoms with E-state index in [1.807, 2.05) is 6.07 Å². The second kappa shape index (κ2) is 4.60. The number of ether oxygens (including phenoxy) is 2. The smallest absolute Gasteiger partial charge is 0.231 e. The number of hydrogen-bond donors (Lipinski definition) is 1. The minimum Gasteiger partial charge on any atom is -0.454 e. The van der Waals surface area contributed by atoms with Crippen molar-refractivity contribution in [2.24, 2.45) is 11.7 Å². The van der Waals surface area contributed by atoms with Gasteiger partial charge in [-0.2, -0.15) is 0 Å². The topological polar surface area (TPSA) is 61.6 Å². The molecule has 4 heteroatoms. The molecule has 0 aromatic heterocycles. The molecule has 0 radical (unpaired) electrons. The number of ketones is 1. The van der Waals surface area contributed by atoms with Crippen molar-refractivity contribution >= 4 is 5.78 Å². The second-order valence-electron chi connectivity index (χ2n) is 6.16. The Kier molecular flexibility index (Phi) is 2.82. The Morgan fingerprint density at radius 3 is 3.10 bits per heavy atom. The Morgan fingerprint density at radius 2 is 2.24 bits per heavy atom. The van der Waals surface area contributed by atoms with E-state index in [0.29, 0.717) is 18.9 Å². The summed E-state index contributed by atoms with van der Waals surface area (Å²) in [4.78, 5) is 11.8. The van der Waals surface area contributed by atoms with Crippen molar-refractivity contribution in [2.45, 2.75) is 37.6 Å². The van der Waals surface area contributed by atoms with Crippen molar-refractivity contribution in [2.75, 3.05) is 6.79 Å². The van der Waals surface area contributed by atoms with Crippen LogP contribution in [0.3, 0.4) is 0 Å². The fourth-order valence-corrected chi connectivity index (χ4v) is 4.27. The summed E-state index contributed by atoms with van der Waals surface area (Å²) in [5, 5.41) is 0. The molecule has 1 aromatic rings. The van der Waals surface area contributed by atoms with Gasteiger partial charge in [-0.05, 0) is 36.5 Å². The molecule has 1 fully saturated rings. The summed E-state index contributed by atoms with van der Waals surface area (Å²) in [6.07, 6.45) is 7.86. The molecule has 2 aliphatic carbocycles.